The molecule has 1 heterocycles. The Morgan fingerprint density at radius 2 is 2.28 bits per heavy atom. The lowest BCUT2D eigenvalue weighted by Crippen LogP contribution is -2.38. The number of nitrogens with two attached hydrogens (primary N) is 2. The third kappa shape index (κ3) is 2.13. The van der Waals surface area contributed by atoms with Crippen LogP contribution < -0.4 is 27.1 Å². The molecule has 2 atom stereocenters. The highest BCUT2D eigenvalue weighted by Crippen LogP contribution is 2.31. The first kappa shape index (κ1) is 12.3. The highest BCUT2D eigenvalue weighted by molar-refractivity contribution is 5.97. The van der Waals surface area contributed by atoms with Gasteiger partial charge >= 0.3 is 0 Å². The number of hydrogen-bond donors (Lipinski definition) is 4. The van der Waals surface area contributed by atoms with Crippen LogP contribution in [-0.4, -0.2) is 17.9 Å². The van der Waals surface area contributed by atoms with E-state index in [0.29, 0.717) is 17.0 Å². The molecule has 0 spiro atoms. The fraction of sp³-hybridized carbons (Fsp3) is 0.273. The van der Waals surface area contributed by atoms with Crippen LogP contribution in [0.15, 0.2) is 18.2 Å². The monoisotopic (exact) mass is 250 g/mol. The lowest BCUT2D eigenvalue weighted by molar-refractivity contribution is -0.123. The number of hydrazine groups is 1. The van der Waals surface area contributed by atoms with Gasteiger partial charge in [-0.05, 0) is 24.6 Å². The average Bonchev–Trinajstić information content (AvgIpc) is 2.37. The van der Waals surface area contributed by atoms with E-state index in [4.69, 9.17) is 16.3 Å². The summed E-state index contributed by atoms with van der Waals surface area (Å²) in [7, 11) is 0. The summed E-state index contributed by atoms with van der Waals surface area (Å²) < 4.78 is 5.39. The zero-order valence-corrected chi connectivity index (χ0v) is 9.77. The Hall–Kier alpha value is -2.12. The third-order valence-electron chi connectivity index (χ3n) is 2.72. The predicted octanol–water partition coefficient (Wildman–Crippen LogP) is -0.604. The first-order chi connectivity index (χ1) is 8.52. The van der Waals surface area contributed by atoms with Crippen molar-refractivity contribution in [2.75, 3.05) is 5.32 Å². The molecule has 6 N–H and O–H groups in total. The number of rotatable bonds is 2. The van der Waals surface area contributed by atoms with Gasteiger partial charge in [0, 0.05) is 0 Å². The van der Waals surface area contributed by atoms with Crippen LogP contribution in [0.2, 0.25) is 0 Å². The zero-order chi connectivity index (χ0) is 13.3. The van der Waals surface area contributed by atoms with Crippen LogP contribution in [-0.2, 0) is 9.59 Å². The maximum Gasteiger partial charge on any atom is 0.265 e. The van der Waals surface area contributed by atoms with Crippen molar-refractivity contribution in [2.24, 2.45) is 11.6 Å². The number of carbonyl (C=O) groups excluding carboxylic acids is 2. The van der Waals surface area contributed by atoms with E-state index >= 15 is 0 Å². The van der Waals surface area contributed by atoms with Crippen molar-refractivity contribution in [3.8, 4) is 5.75 Å². The van der Waals surface area contributed by atoms with Crippen LogP contribution in [0.5, 0.6) is 5.75 Å². The summed E-state index contributed by atoms with van der Waals surface area (Å²) in [5.74, 6) is 4.81. The minimum atomic E-state index is -0.892. The number of benzene rings is 1. The largest absolute Gasteiger partial charge is 0.479 e. The maximum atomic E-state index is 11.5. The Morgan fingerprint density at radius 1 is 1.56 bits per heavy atom. The Balaban J connectivity index is 2.30. The minimum Gasteiger partial charge on any atom is -0.479 e. The van der Waals surface area contributed by atoms with Crippen LogP contribution in [0.1, 0.15) is 18.5 Å². The van der Waals surface area contributed by atoms with Crippen molar-refractivity contribution >= 4 is 17.5 Å². The molecule has 2 amide bonds. The van der Waals surface area contributed by atoms with Gasteiger partial charge in [0.2, 0.25) is 0 Å². The molecular formula is C11H14N4O3. The highest BCUT2D eigenvalue weighted by Gasteiger charge is 2.25. The quantitative estimate of drug-likeness (QED) is 0.317. The van der Waals surface area contributed by atoms with Crippen LogP contribution in [0.4, 0.5) is 5.69 Å². The van der Waals surface area contributed by atoms with Crippen molar-refractivity contribution in [3.05, 3.63) is 23.8 Å². The third-order valence-corrected chi connectivity index (χ3v) is 2.72. The van der Waals surface area contributed by atoms with E-state index in [0.717, 1.165) is 0 Å². The number of anilines is 1. The van der Waals surface area contributed by atoms with Gasteiger partial charge in [0.05, 0.1) is 5.69 Å². The second kappa shape index (κ2) is 4.63. The number of carbonyl (C=O) groups is 2. The molecule has 0 saturated heterocycles. The van der Waals surface area contributed by atoms with E-state index in [9.17, 15) is 9.59 Å². The van der Waals surface area contributed by atoms with Gasteiger partial charge in [0.15, 0.2) is 6.10 Å². The molecular weight excluding hydrogens is 236 g/mol. The molecule has 0 aliphatic carbocycles. The summed E-state index contributed by atoms with van der Waals surface area (Å²) in [6.45, 7) is 1.65. The number of fused-ring (bicyclic) bond motifs is 1. The lowest BCUT2D eigenvalue weighted by Gasteiger charge is -2.24. The Bertz CT molecular complexity index is 503. The number of nitrogens with one attached hydrogen (secondary N) is 2. The summed E-state index contributed by atoms with van der Waals surface area (Å²) in [4.78, 5) is 22.8. The number of amides is 2. The molecule has 1 aliphatic rings. The average molecular weight is 250 g/mol. The van der Waals surface area contributed by atoms with Crippen LogP contribution in [0.25, 0.3) is 0 Å². The van der Waals surface area contributed by atoms with Crippen LogP contribution in [0.3, 0.4) is 0 Å². The molecule has 0 fully saturated rings. The molecule has 7 heteroatoms. The van der Waals surface area contributed by atoms with Gasteiger partial charge in [0.25, 0.3) is 11.8 Å². The van der Waals surface area contributed by atoms with E-state index in [1.165, 1.54) is 0 Å². The topological polar surface area (TPSA) is 119 Å². The molecule has 0 bridgehead atoms. The molecule has 2 rings (SSSR count). The van der Waals surface area contributed by atoms with E-state index in [2.05, 4.69) is 5.32 Å². The van der Waals surface area contributed by atoms with Crippen LogP contribution >= 0.6 is 0 Å². The summed E-state index contributed by atoms with van der Waals surface area (Å²) in [5.41, 5.74) is 8.71. The fourth-order valence-corrected chi connectivity index (χ4v) is 1.66. The molecule has 2 unspecified atom stereocenters. The molecule has 1 aromatic rings. The van der Waals surface area contributed by atoms with Gasteiger partial charge < -0.3 is 15.8 Å². The summed E-state index contributed by atoms with van der Waals surface area (Å²) in [6.07, 6.45) is -0.538. The SMILES string of the molecule is CC1Oc2ccc(C(N)C(=O)NN)cc2NC1=O. The zero-order valence-electron chi connectivity index (χ0n) is 9.77. The standard InChI is InChI=1S/C11H14N4O3/c1-5-10(16)14-7-4-6(2-3-8(7)18-5)9(12)11(17)15-13/h2-5,9H,12-13H2,1H3,(H,14,16)(H,15,17). The van der Waals surface area contributed by atoms with Crippen molar-refractivity contribution < 1.29 is 14.3 Å². The van der Waals surface area contributed by atoms with Gasteiger partial charge in [-0.2, -0.15) is 0 Å². The molecule has 0 aromatic heterocycles. The van der Waals surface area contributed by atoms with Gasteiger partial charge in [-0.3, -0.25) is 15.0 Å². The molecule has 1 aromatic carbocycles. The van der Waals surface area contributed by atoms with E-state index < -0.39 is 18.1 Å². The normalized spacial score (nSPS) is 19.3. The second-order valence-electron chi connectivity index (χ2n) is 3.99. The summed E-state index contributed by atoms with van der Waals surface area (Å²) in [5, 5.41) is 2.68. The Morgan fingerprint density at radius 3 is 2.94 bits per heavy atom. The molecule has 96 valence electrons. The molecule has 0 radical (unpaired) electrons. The number of hydrogen-bond acceptors (Lipinski definition) is 5. The van der Waals surface area contributed by atoms with Gasteiger partial charge in [0.1, 0.15) is 11.8 Å². The summed E-state index contributed by atoms with van der Waals surface area (Å²) >= 11 is 0. The molecule has 18 heavy (non-hydrogen) atoms. The fourth-order valence-electron chi connectivity index (χ4n) is 1.66. The lowest BCUT2D eigenvalue weighted by atomic mass is 10.1. The van der Waals surface area contributed by atoms with Crippen molar-refractivity contribution in [2.45, 2.75) is 19.1 Å². The predicted molar refractivity (Wildman–Crippen MR) is 64.4 cm³/mol. The van der Waals surface area contributed by atoms with Crippen LogP contribution in [0, 0.1) is 0 Å². The summed E-state index contributed by atoms with van der Waals surface area (Å²) in [6, 6.07) is 4.02. The Labute approximate surface area is 103 Å². The minimum absolute atomic E-state index is 0.239. The first-order valence-electron chi connectivity index (χ1n) is 5.40. The van der Waals surface area contributed by atoms with Gasteiger partial charge in [-0.15, -0.1) is 0 Å². The first-order valence-corrected chi connectivity index (χ1v) is 5.40. The Kier molecular flexibility index (Phi) is 3.17. The molecule has 0 saturated carbocycles. The van der Waals surface area contributed by atoms with Gasteiger partial charge in [-0.25, -0.2) is 5.84 Å². The van der Waals surface area contributed by atoms with Crippen molar-refractivity contribution in [1.29, 1.82) is 0 Å². The maximum absolute atomic E-state index is 11.5. The smallest absolute Gasteiger partial charge is 0.265 e. The van der Waals surface area contributed by atoms with Crippen molar-refractivity contribution in [1.82, 2.24) is 5.43 Å². The van der Waals surface area contributed by atoms with Gasteiger partial charge in [-0.1, -0.05) is 6.07 Å². The van der Waals surface area contributed by atoms with Crippen molar-refractivity contribution in [3.63, 3.8) is 0 Å². The number of ether oxygens (including phenoxy) is 1. The van der Waals surface area contributed by atoms with E-state index in [1.807, 2.05) is 5.43 Å². The van der Waals surface area contributed by atoms with E-state index in [-0.39, 0.29) is 5.91 Å². The molecule has 7 nitrogen and oxygen atoms in total. The highest BCUT2D eigenvalue weighted by atomic mass is 16.5. The van der Waals surface area contributed by atoms with E-state index in [1.54, 1.807) is 25.1 Å². The molecule has 1 aliphatic heterocycles. The second-order valence-corrected chi connectivity index (χ2v) is 3.99.